The van der Waals surface area contributed by atoms with Gasteiger partial charge in [0.25, 0.3) is 0 Å². The van der Waals surface area contributed by atoms with Crippen molar-refractivity contribution < 1.29 is 29.3 Å². The second-order valence-corrected chi connectivity index (χ2v) is 7.21. The molecule has 1 aliphatic heterocycles. The third kappa shape index (κ3) is 5.67. The normalized spacial score (nSPS) is 11.7. The van der Waals surface area contributed by atoms with Gasteiger partial charge in [-0.3, -0.25) is 0 Å². The van der Waals surface area contributed by atoms with Crippen molar-refractivity contribution in [3.8, 4) is 17.2 Å². The van der Waals surface area contributed by atoms with Crippen LogP contribution in [0.4, 0.5) is 0 Å². The highest BCUT2D eigenvalue weighted by atomic mass is 16.7. The molecule has 1 aromatic carbocycles. The Morgan fingerprint density at radius 2 is 1.88 bits per heavy atom. The Morgan fingerprint density at radius 3 is 2.56 bits per heavy atom. The summed E-state index contributed by atoms with van der Waals surface area (Å²) in [4.78, 5) is 22.3. The summed E-state index contributed by atoms with van der Waals surface area (Å²) in [5.41, 5.74) is 4.90. The van der Waals surface area contributed by atoms with Crippen LogP contribution in [0.5, 0.6) is 11.5 Å². The zero-order valence-electron chi connectivity index (χ0n) is 17.9. The van der Waals surface area contributed by atoms with E-state index in [1.807, 2.05) is 30.9 Å². The van der Waals surface area contributed by atoms with Gasteiger partial charge < -0.3 is 34.1 Å². The van der Waals surface area contributed by atoms with Gasteiger partial charge in [0.05, 0.1) is 6.33 Å². The van der Waals surface area contributed by atoms with Gasteiger partial charge in [-0.25, -0.2) is 14.6 Å². The second-order valence-electron chi connectivity index (χ2n) is 7.21. The summed E-state index contributed by atoms with van der Waals surface area (Å²) in [5.74, 6) is -2.02. The molecule has 0 bridgehead atoms. The van der Waals surface area contributed by atoms with Crippen molar-refractivity contribution in [2.75, 3.05) is 13.3 Å². The minimum absolute atomic E-state index is 0.302. The first-order valence-corrected chi connectivity index (χ1v) is 10.1. The van der Waals surface area contributed by atoms with Gasteiger partial charge in [-0.15, -0.1) is 0 Å². The number of ether oxygens (including phenoxy) is 2. The SMILES string of the molecule is Cc1cc(CNCCCn2ccnc2)c(C)n1-c1ccc2c(c1)OCO2.O=C(O)C(=O)O. The molecule has 170 valence electrons. The maximum atomic E-state index is 9.10. The maximum absolute atomic E-state index is 9.10. The van der Waals surface area contributed by atoms with Crippen LogP contribution < -0.4 is 14.8 Å². The van der Waals surface area contributed by atoms with Gasteiger partial charge >= 0.3 is 11.9 Å². The predicted octanol–water partition coefficient (Wildman–Crippen LogP) is 2.35. The zero-order chi connectivity index (χ0) is 23.1. The molecule has 3 heterocycles. The first-order chi connectivity index (χ1) is 15.4. The summed E-state index contributed by atoms with van der Waals surface area (Å²) >= 11 is 0. The van der Waals surface area contributed by atoms with E-state index < -0.39 is 11.9 Å². The standard InChI is InChI=1S/C20H24N4O2.C2H2O4/c1-15-10-17(12-21-6-3-8-23-9-7-22-13-23)16(2)24(15)18-4-5-19-20(11-18)26-14-25-19;3-1(4)2(5)6/h4-5,7,9-11,13,21H,3,6,8,12,14H2,1-2H3;(H,3,4)(H,5,6). The summed E-state index contributed by atoms with van der Waals surface area (Å²) in [6, 6.07) is 8.36. The predicted molar refractivity (Wildman–Crippen MR) is 115 cm³/mol. The number of carboxylic acids is 2. The lowest BCUT2D eigenvalue weighted by molar-refractivity contribution is -0.159. The van der Waals surface area contributed by atoms with E-state index in [9.17, 15) is 0 Å². The van der Waals surface area contributed by atoms with E-state index in [4.69, 9.17) is 29.3 Å². The van der Waals surface area contributed by atoms with Crippen LogP contribution in [0.15, 0.2) is 43.0 Å². The molecule has 4 rings (SSSR count). The molecule has 0 radical (unpaired) electrons. The number of rotatable bonds is 7. The van der Waals surface area contributed by atoms with Gasteiger partial charge in [-0.2, -0.15) is 0 Å². The average molecular weight is 442 g/mol. The molecule has 3 aromatic rings. The Balaban J connectivity index is 0.000000427. The van der Waals surface area contributed by atoms with Crippen molar-refractivity contribution in [1.29, 1.82) is 0 Å². The van der Waals surface area contributed by atoms with Crippen LogP contribution in [0.1, 0.15) is 23.4 Å². The highest BCUT2D eigenvalue weighted by Crippen LogP contribution is 2.34. The maximum Gasteiger partial charge on any atom is 0.414 e. The van der Waals surface area contributed by atoms with E-state index in [0.29, 0.717) is 6.79 Å². The number of fused-ring (bicyclic) bond motifs is 1. The topological polar surface area (TPSA) is 128 Å². The number of aliphatic carboxylic acids is 2. The molecule has 0 atom stereocenters. The summed E-state index contributed by atoms with van der Waals surface area (Å²) in [5, 5.41) is 18.3. The monoisotopic (exact) mass is 442 g/mol. The molecule has 0 spiro atoms. The van der Waals surface area contributed by atoms with E-state index in [0.717, 1.165) is 43.2 Å². The minimum Gasteiger partial charge on any atom is -0.473 e. The quantitative estimate of drug-likeness (QED) is 0.376. The van der Waals surface area contributed by atoms with Crippen molar-refractivity contribution >= 4 is 11.9 Å². The number of aromatic nitrogens is 3. The van der Waals surface area contributed by atoms with Crippen LogP contribution in [0.2, 0.25) is 0 Å². The number of hydrogen-bond acceptors (Lipinski definition) is 6. The summed E-state index contributed by atoms with van der Waals surface area (Å²) in [7, 11) is 0. The number of imidazole rings is 1. The number of benzene rings is 1. The Bertz CT molecular complexity index is 1060. The smallest absolute Gasteiger partial charge is 0.414 e. The number of hydrogen-bond donors (Lipinski definition) is 3. The van der Waals surface area contributed by atoms with E-state index in [1.165, 1.54) is 17.0 Å². The largest absolute Gasteiger partial charge is 0.473 e. The molecule has 0 fully saturated rings. The lowest BCUT2D eigenvalue weighted by Crippen LogP contribution is -2.16. The summed E-state index contributed by atoms with van der Waals surface area (Å²) in [6.45, 7) is 7.44. The highest BCUT2D eigenvalue weighted by Gasteiger charge is 2.16. The molecule has 2 aromatic heterocycles. The van der Waals surface area contributed by atoms with E-state index in [2.05, 4.69) is 45.4 Å². The summed E-state index contributed by atoms with van der Waals surface area (Å²) in [6.07, 6.45) is 6.76. The van der Waals surface area contributed by atoms with Gasteiger partial charge in [-0.1, -0.05) is 0 Å². The van der Waals surface area contributed by atoms with E-state index >= 15 is 0 Å². The Kier molecular flexibility index (Phi) is 7.50. The molecular weight excluding hydrogens is 416 g/mol. The zero-order valence-corrected chi connectivity index (χ0v) is 17.9. The van der Waals surface area contributed by atoms with Crippen molar-refractivity contribution in [3.63, 3.8) is 0 Å². The van der Waals surface area contributed by atoms with Crippen LogP contribution in [-0.4, -0.2) is 49.6 Å². The second kappa shape index (κ2) is 10.5. The van der Waals surface area contributed by atoms with Crippen LogP contribution >= 0.6 is 0 Å². The Labute approximate surface area is 185 Å². The van der Waals surface area contributed by atoms with Gasteiger partial charge in [0.2, 0.25) is 6.79 Å². The highest BCUT2D eigenvalue weighted by molar-refractivity contribution is 6.27. The number of carbonyl (C=O) groups is 2. The fraction of sp³-hybridized carbons (Fsp3) is 0.318. The molecule has 10 heteroatoms. The first kappa shape index (κ1) is 22.9. The number of nitrogens with zero attached hydrogens (tertiary/aromatic N) is 3. The van der Waals surface area contributed by atoms with Gasteiger partial charge in [0.1, 0.15) is 0 Å². The Hall–Kier alpha value is -3.79. The third-order valence-electron chi connectivity index (χ3n) is 4.98. The molecule has 1 aliphatic rings. The Morgan fingerprint density at radius 1 is 1.12 bits per heavy atom. The lowest BCUT2D eigenvalue weighted by atomic mass is 10.2. The molecule has 0 amide bonds. The van der Waals surface area contributed by atoms with Crippen LogP contribution in [0.25, 0.3) is 5.69 Å². The minimum atomic E-state index is -1.82. The van der Waals surface area contributed by atoms with Gasteiger partial charge in [0.15, 0.2) is 11.5 Å². The molecular formula is C22H26N4O6. The van der Waals surface area contributed by atoms with Crippen molar-refractivity contribution in [2.24, 2.45) is 0 Å². The van der Waals surface area contributed by atoms with Crippen LogP contribution in [0, 0.1) is 13.8 Å². The van der Waals surface area contributed by atoms with E-state index in [1.54, 1.807) is 0 Å². The number of nitrogens with one attached hydrogen (secondary N) is 1. The molecule has 10 nitrogen and oxygen atoms in total. The molecule has 0 saturated carbocycles. The molecule has 0 aliphatic carbocycles. The van der Waals surface area contributed by atoms with Crippen molar-refractivity contribution in [3.05, 3.63) is 59.9 Å². The first-order valence-electron chi connectivity index (χ1n) is 10.1. The van der Waals surface area contributed by atoms with Gasteiger partial charge in [0, 0.05) is 48.6 Å². The average Bonchev–Trinajstić information content (AvgIpc) is 3.49. The van der Waals surface area contributed by atoms with Crippen LogP contribution in [0.3, 0.4) is 0 Å². The van der Waals surface area contributed by atoms with Crippen LogP contribution in [-0.2, 0) is 22.7 Å². The number of aryl methyl sites for hydroxylation is 2. The molecule has 0 saturated heterocycles. The molecule has 32 heavy (non-hydrogen) atoms. The fourth-order valence-electron chi connectivity index (χ4n) is 3.46. The molecule has 3 N–H and O–H groups in total. The van der Waals surface area contributed by atoms with Gasteiger partial charge in [-0.05, 0) is 50.6 Å². The number of carboxylic acid groups (broad SMARTS) is 2. The fourth-order valence-corrected chi connectivity index (χ4v) is 3.46. The van der Waals surface area contributed by atoms with Crippen molar-refractivity contribution in [1.82, 2.24) is 19.4 Å². The third-order valence-corrected chi connectivity index (χ3v) is 4.98. The van der Waals surface area contributed by atoms with Crippen molar-refractivity contribution in [2.45, 2.75) is 33.4 Å². The summed E-state index contributed by atoms with van der Waals surface area (Å²) < 4.78 is 15.3. The molecule has 0 unspecified atom stereocenters. The van der Waals surface area contributed by atoms with E-state index in [-0.39, 0.29) is 0 Å². The lowest BCUT2D eigenvalue weighted by Gasteiger charge is -2.11.